The van der Waals surface area contributed by atoms with Crippen molar-refractivity contribution in [2.45, 2.75) is 0 Å². The van der Waals surface area contributed by atoms with E-state index in [2.05, 4.69) is 158 Å². The number of benzene rings is 7. The smallest absolute Gasteiger partial charge is 0.161 e. The molecule has 0 spiro atoms. The highest BCUT2D eigenvalue weighted by atomic mass is 32.1. The lowest BCUT2D eigenvalue weighted by Crippen LogP contribution is -1.98. The Hall–Kier alpha value is -5.90. The molecule has 0 aliphatic carbocycles. The number of hydrogen-bond donors (Lipinski definition) is 0. The maximum Gasteiger partial charge on any atom is 0.161 e. The highest BCUT2D eigenvalue weighted by molar-refractivity contribution is 7.26. The Morgan fingerprint density at radius 2 is 0.957 bits per heavy atom. The Kier molecular flexibility index (Phi) is 6.69. The molecule has 0 saturated carbocycles. The van der Waals surface area contributed by atoms with Crippen molar-refractivity contribution in [3.63, 3.8) is 0 Å². The van der Waals surface area contributed by atoms with Crippen LogP contribution in [0.5, 0.6) is 0 Å². The van der Waals surface area contributed by atoms with E-state index in [0.717, 1.165) is 45.0 Å². The first-order valence-electron chi connectivity index (χ1n) is 15.8. The summed E-state index contributed by atoms with van der Waals surface area (Å²) >= 11 is 1.82. The van der Waals surface area contributed by atoms with Crippen molar-refractivity contribution < 1.29 is 0 Å². The van der Waals surface area contributed by atoms with Gasteiger partial charge in [0.1, 0.15) is 0 Å². The second-order valence-corrected chi connectivity index (χ2v) is 12.8. The molecule has 47 heavy (non-hydrogen) atoms. The van der Waals surface area contributed by atoms with Crippen molar-refractivity contribution in [3.05, 3.63) is 170 Å². The van der Waals surface area contributed by atoms with Crippen LogP contribution in [-0.2, 0) is 0 Å². The van der Waals surface area contributed by atoms with Gasteiger partial charge in [-0.1, -0.05) is 152 Å². The Balaban J connectivity index is 1.30. The largest absolute Gasteiger partial charge is 0.228 e. The summed E-state index contributed by atoms with van der Waals surface area (Å²) in [6, 6.07) is 60.2. The molecule has 0 unspecified atom stereocenters. The van der Waals surface area contributed by atoms with E-state index in [-0.39, 0.29) is 0 Å². The summed E-state index contributed by atoms with van der Waals surface area (Å²) in [7, 11) is 0. The van der Waals surface area contributed by atoms with Gasteiger partial charge in [0.2, 0.25) is 0 Å². The van der Waals surface area contributed by atoms with Crippen LogP contribution < -0.4 is 0 Å². The average molecular weight is 617 g/mol. The van der Waals surface area contributed by atoms with Crippen molar-refractivity contribution >= 4 is 42.3 Å². The van der Waals surface area contributed by atoms with Gasteiger partial charge in [0, 0.05) is 36.9 Å². The van der Waals surface area contributed by atoms with Crippen LogP contribution in [0.2, 0.25) is 0 Å². The fraction of sp³-hybridized carbons (Fsp3) is 0. The minimum absolute atomic E-state index is 0.729. The molecule has 0 saturated heterocycles. The molecule has 220 valence electrons. The third-order valence-electron chi connectivity index (χ3n) is 8.93. The summed E-state index contributed by atoms with van der Waals surface area (Å²) in [5.41, 5.74) is 9.70. The first-order valence-corrected chi connectivity index (χ1v) is 16.6. The number of fused-ring (bicyclic) bond motifs is 4. The summed E-state index contributed by atoms with van der Waals surface area (Å²) in [6.07, 6.45) is 0. The highest BCUT2D eigenvalue weighted by Gasteiger charge is 2.20. The molecule has 0 aliphatic rings. The third-order valence-corrected chi connectivity index (χ3v) is 10.1. The molecule has 7 aromatic carbocycles. The van der Waals surface area contributed by atoms with Gasteiger partial charge < -0.3 is 0 Å². The second-order valence-electron chi connectivity index (χ2n) is 11.8. The summed E-state index contributed by atoms with van der Waals surface area (Å²) < 4.78 is 2.49. The van der Waals surface area contributed by atoms with Crippen LogP contribution in [0.15, 0.2) is 170 Å². The predicted octanol–water partition coefficient (Wildman–Crippen LogP) is 12.3. The van der Waals surface area contributed by atoms with Gasteiger partial charge in [-0.3, -0.25) is 0 Å². The first-order chi connectivity index (χ1) is 23.3. The molecular weight excluding hydrogens is 589 g/mol. The minimum atomic E-state index is 0.729. The minimum Gasteiger partial charge on any atom is -0.228 e. The molecule has 2 nitrogen and oxygen atoms in total. The molecule has 2 heterocycles. The molecule has 9 rings (SSSR count). The molecule has 0 fully saturated rings. The third kappa shape index (κ3) is 4.89. The van der Waals surface area contributed by atoms with Crippen LogP contribution in [0.4, 0.5) is 0 Å². The molecule has 9 aromatic rings. The highest BCUT2D eigenvalue weighted by Crippen LogP contribution is 2.45. The lowest BCUT2D eigenvalue weighted by molar-refractivity contribution is 1.19. The summed E-state index contributed by atoms with van der Waals surface area (Å²) in [6.45, 7) is 0. The zero-order chi connectivity index (χ0) is 31.2. The molecule has 0 radical (unpaired) electrons. The van der Waals surface area contributed by atoms with Crippen LogP contribution in [-0.4, -0.2) is 9.97 Å². The van der Waals surface area contributed by atoms with Crippen molar-refractivity contribution in [1.82, 2.24) is 9.97 Å². The Labute approximate surface area is 277 Å². The van der Waals surface area contributed by atoms with Gasteiger partial charge in [0.05, 0.1) is 11.4 Å². The van der Waals surface area contributed by atoms with Gasteiger partial charge in [-0.25, -0.2) is 9.97 Å². The number of aromatic nitrogens is 2. The Morgan fingerprint density at radius 3 is 1.66 bits per heavy atom. The zero-order valence-corrected chi connectivity index (χ0v) is 26.3. The van der Waals surface area contributed by atoms with Crippen LogP contribution >= 0.6 is 11.3 Å². The van der Waals surface area contributed by atoms with E-state index in [1.165, 1.54) is 42.1 Å². The molecule has 0 atom stereocenters. The molecule has 0 N–H and O–H groups in total. The van der Waals surface area contributed by atoms with E-state index in [9.17, 15) is 0 Å². The number of thiophene rings is 1. The molecule has 0 aliphatic heterocycles. The first kappa shape index (κ1) is 27.4. The topological polar surface area (TPSA) is 25.8 Å². The zero-order valence-electron chi connectivity index (χ0n) is 25.5. The molecule has 0 amide bonds. The fourth-order valence-corrected chi connectivity index (χ4v) is 7.78. The van der Waals surface area contributed by atoms with E-state index < -0.39 is 0 Å². The van der Waals surface area contributed by atoms with Crippen molar-refractivity contribution in [2.24, 2.45) is 0 Å². The lowest BCUT2D eigenvalue weighted by atomic mass is 9.92. The number of hydrogen-bond acceptors (Lipinski definition) is 3. The van der Waals surface area contributed by atoms with E-state index >= 15 is 0 Å². The second kappa shape index (κ2) is 11.5. The summed E-state index contributed by atoms with van der Waals surface area (Å²) in [5, 5.41) is 4.93. The van der Waals surface area contributed by atoms with E-state index in [1.54, 1.807) is 0 Å². The van der Waals surface area contributed by atoms with Crippen LogP contribution in [0.25, 0.3) is 87.1 Å². The SMILES string of the molecule is c1ccc(-c2cc(-c3ccccc3)nc(-c3c(-c4ccc(-c5cccc6ccccc56)cc4)ccc4sc5ccccc5c34)n2)cc1. The summed E-state index contributed by atoms with van der Waals surface area (Å²) in [5.74, 6) is 0.729. The van der Waals surface area contributed by atoms with Gasteiger partial charge in [0.15, 0.2) is 5.82 Å². The van der Waals surface area contributed by atoms with Crippen LogP contribution in [0.3, 0.4) is 0 Å². The van der Waals surface area contributed by atoms with Crippen molar-refractivity contribution in [1.29, 1.82) is 0 Å². The fourth-order valence-electron chi connectivity index (χ4n) is 6.67. The standard InChI is InChI=1S/C44H28N2S/c1-3-13-32(14-4-1)38-28-39(33-15-5-2-6-16-33)46-44(45-38)43-36(26-27-41-42(43)37-19-9-10-21-40(37)47-41)31-24-22-30(23-25-31)35-20-11-17-29-12-7-8-18-34(29)35/h1-28H. The van der Waals surface area contributed by atoms with E-state index in [0.29, 0.717) is 0 Å². The molecule has 3 heteroatoms. The molecular formula is C44H28N2S. The van der Waals surface area contributed by atoms with Gasteiger partial charge in [0.25, 0.3) is 0 Å². The molecule has 2 aromatic heterocycles. The normalized spacial score (nSPS) is 11.4. The predicted molar refractivity (Wildman–Crippen MR) is 200 cm³/mol. The van der Waals surface area contributed by atoms with Gasteiger partial charge in [-0.05, 0) is 51.2 Å². The Bertz CT molecular complexity index is 2490. The van der Waals surface area contributed by atoms with Gasteiger partial charge >= 0.3 is 0 Å². The number of rotatable bonds is 5. The monoisotopic (exact) mass is 616 g/mol. The van der Waals surface area contributed by atoms with Gasteiger partial charge in [-0.2, -0.15) is 0 Å². The van der Waals surface area contributed by atoms with Gasteiger partial charge in [-0.15, -0.1) is 11.3 Å². The van der Waals surface area contributed by atoms with Crippen molar-refractivity contribution in [2.75, 3.05) is 0 Å². The maximum absolute atomic E-state index is 5.31. The summed E-state index contributed by atoms with van der Waals surface area (Å²) in [4.78, 5) is 10.6. The lowest BCUT2D eigenvalue weighted by Gasteiger charge is -2.15. The van der Waals surface area contributed by atoms with Crippen LogP contribution in [0, 0.1) is 0 Å². The Morgan fingerprint density at radius 1 is 0.383 bits per heavy atom. The maximum atomic E-state index is 5.31. The van der Waals surface area contributed by atoms with Crippen molar-refractivity contribution in [3.8, 4) is 56.2 Å². The molecule has 0 bridgehead atoms. The number of nitrogens with zero attached hydrogens (tertiary/aromatic N) is 2. The van der Waals surface area contributed by atoms with E-state index in [4.69, 9.17) is 9.97 Å². The van der Waals surface area contributed by atoms with Crippen LogP contribution in [0.1, 0.15) is 0 Å². The van der Waals surface area contributed by atoms with E-state index in [1.807, 2.05) is 23.5 Å². The average Bonchev–Trinajstić information content (AvgIpc) is 3.54. The quantitative estimate of drug-likeness (QED) is 0.192.